The van der Waals surface area contributed by atoms with Gasteiger partial charge in [0.25, 0.3) is 0 Å². The van der Waals surface area contributed by atoms with Gasteiger partial charge in [-0.15, -0.1) is 0 Å². The van der Waals surface area contributed by atoms with Crippen molar-refractivity contribution in [2.24, 2.45) is 0 Å². The molecular formula is C14H17N3O3. The van der Waals surface area contributed by atoms with Crippen molar-refractivity contribution in [1.29, 1.82) is 0 Å². The second-order valence-electron chi connectivity index (χ2n) is 4.46. The summed E-state index contributed by atoms with van der Waals surface area (Å²) >= 11 is 0. The van der Waals surface area contributed by atoms with Crippen molar-refractivity contribution in [2.45, 2.75) is 26.9 Å². The molecule has 0 spiro atoms. The van der Waals surface area contributed by atoms with Crippen LogP contribution in [0.25, 0.3) is 0 Å². The predicted molar refractivity (Wildman–Crippen MR) is 75.0 cm³/mol. The van der Waals surface area contributed by atoms with Gasteiger partial charge in [0.2, 0.25) is 0 Å². The number of anilines is 1. The van der Waals surface area contributed by atoms with Gasteiger partial charge in [-0.25, -0.2) is 4.79 Å². The molecule has 0 saturated carbocycles. The van der Waals surface area contributed by atoms with Gasteiger partial charge in [-0.1, -0.05) is 0 Å². The highest BCUT2D eigenvalue weighted by molar-refractivity contribution is 5.91. The van der Waals surface area contributed by atoms with E-state index >= 15 is 0 Å². The molecule has 0 aliphatic carbocycles. The van der Waals surface area contributed by atoms with Crippen LogP contribution < -0.4 is 5.32 Å². The van der Waals surface area contributed by atoms with Crippen LogP contribution in [-0.4, -0.2) is 26.0 Å². The molecule has 0 aliphatic heterocycles. The number of aryl methyl sites for hydroxylation is 1. The number of rotatable bonds is 5. The number of nitrogens with zero attached hydrogens (tertiary/aromatic N) is 2. The Labute approximate surface area is 116 Å². The first-order valence-electron chi connectivity index (χ1n) is 6.34. The number of hydrogen-bond donors (Lipinski definition) is 3. The Morgan fingerprint density at radius 3 is 2.80 bits per heavy atom. The fourth-order valence-corrected chi connectivity index (χ4v) is 1.99. The number of carbonyl (C=O) groups is 1. The van der Waals surface area contributed by atoms with Gasteiger partial charge in [0.05, 0.1) is 6.20 Å². The molecule has 0 fully saturated rings. The van der Waals surface area contributed by atoms with Crippen LogP contribution in [0.1, 0.15) is 28.5 Å². The van der Waals surface area contributed by atoms with E-state index in [1.807, 2.05) is 18.5 Å². The Kier molecular flexibility index (Phi) is 3.93. The summed E-state index contributed by atoms with van der Waals surface area (Å²) in [6.45, 7) is 5.38. The van der Waals surface area contributed by atoms with Crippen molar-refractivity contribution in [2.75, 3.05) is 5.32 Å². The highest BCUT2D eigenvalue weighted by Crippen LogP contribution is 2.22. The Morgan fingerprint density at radius 1 is 1.45 bits per heavy atom. The van der Waals surface area contributed by atoms with E-state index < -0.39 is 5.97 Å². The van der Waals surface area contributed by atoms with Crippen molar-refractivity contribution >= 4 is 11.7 Å². The Morgan fingerprint density at radius 2 is 2.20 bits per heavy atom. The zero-order valence-electron chi connectivity index (χ0n) is 11.4. The van der Waals surface area contributed by atoms with Crippen LogP contribution in [0.15, 0.2) is 24.4 Å². The summed E-state index contributed by atoms with van der Waals surface area (Å²) in [4.78, 5) is 10.9. The summed E-state index contributed by atoms with van der Waals surface area (Å²) in [6, 6.07) is 4.42. The van der Waals surface area contributed by atoms with Crippen LogP contribution in [0.5, 0.6) is 5.75 Å². The molecule has 2 aromatic rings. The van der Waals surface area contributed by atoms with Crippen molar-refractivity contribution in [1.82, 2.24) is 9.78 Å². The summed E-state index contributed by atoms with van der Waals surface area (Å²) < 4.78 is 1.90. The van der Waals surface area contributed by atoms with Gasteiger partial charge >= 0.3 is 5.97 Å². The fourth-order valence-electron chi connectivity index (χ4n) is 1.99. The van der Waals surface area contributed by atoms with Crippen LogP contribution in [-0.2, 0) is 13.1 Å². The predicted octanol–water partition coefficient (Wildman–Crippen LogP) is 2.23. The molecule has 106 valence electrons. The van der Waals surface area contributed by atoms with Crippen molar-refractivity contribution < 1.29 is 15.0 Å². The summed E-state index contributed by atoms with van der Waals surface area (Å²) in [5, 5.41) is 25.8. The van der Waals surface area contributed by atoms with Crippen molar-refractivity contribution in [3.8, 4) is 5.75 Å². The number of benzene rings is 1. The summed E-state index contributed by atoms with van der Waals surface area (Å²) in [6.07, 6.45) is 1.80. The van der Waals surface area contributed by atoms with E-state index in [1.54, 1.807) is 12.3 Å². The van der Waals surface area contributed by atoms with E-state index in [2.05, 4.69) is 10.4 Å². The number of aromatic carboxylic acids is 1. The summed E-state index contributed by atoms with van der Waals surface area (Å²) in [5.74, 6) is -1.39. The quantitative estimate of drug-likeness (QED) is 0.728. The number of phenols is 1. The van der Waals surface area contributed by atoms with Gasteiger partial charge in [-0.05, 0) is 32.0 Å². The van der Waals surface area contributed by atoms with E-state index in [4.69, 9.17) is 5.11 Å². The third kappa shape index (κ3) is 2.74. The lowest BCUT2D eigenvalue weighted by Crippen LogP contribution is -2.04. The average molecular weight is 275 g/mol. The standard InChI is InChI=1S/C14H17N3O3/c1-3-17-9(2)10(8-16-17)7-15-11-4-5-13(18)12(6-11)14(19)20/h4-6,8,15,18H,3,7H2,1-2H3,(H,19,20). The lowest BCUT2D eigenvalue weighted by atomic mass is 10.1. The zero-order chi connectivity index (χ0) is 14.7. The highest BCUT2D eigenvalue weighted by atomic mass is 16.4. The minimum atomic E-state index is -1.15. The molecule has 0 aliphatic rings. The van der Waals surface area contributed by atoms with Gasteiger partial charge in [-0.3, -0.25) is 4.68 Å². The van der Waals surface area contributed by atoms with E-state index in [0.29, 0.717) is 12.2 Å². The molecule has 0 atom stereocenters. The number of aromatic nitrogens is 2. The van der Waals surface area contributed by atoms with Crippen molar-refractivity contribution in [3.05, 3.63) is 41.2 Å². The zero-order valence-corrected chi connectivity index (χ0v) is 11.4. The van der Waals surface area contributed by atoms with Gasteiger partial charge in [-0.2, -0.15) is 5.10 Å². The SMILES string of the molecule is CCn1ncc(CNc2ccc(O)c(C(=O)O)c2)c1C. The molecule has 1 aromatic heterocycles. The second kappa shape index (κ2) is 5.64. The molecule has 20 heavy (non-hydrogen) atoms. The van der Waals surface area contributed by atoms with Gasteiger partial charge < -0.3 is 15.5 Å². The molecule has 0 saturated heterocycles. The maximum absolute atomic E-state index is 10.9. The van der Waals surface area contributed by atoms with Gasteiger partial charge in [0.15, 0.2) is 0 Å². The van der Waals surface area contributed by atoms with E-state index in [0.717, 1.165) is 17.8 Å². The first-order chi connectivity index (χ1) is 9.52. The molecule has 6 heteroatoms. The second-order valence-corrected chi connectivity index (χ2v) is 4.46. The monoisotopic (exact) mass is 275 g/mol. The van der Waals surface area contributed by atoms with Gasteiger partial charge in [0.1, 0.15) is 11.3 Å². The lowest BCUT2D eigenvalue weighted by Gasteiger charge is -2.08. The smallest absolute Gasteiger partial charge is 0.339 e. The number of hydrogen-bond acceptors (Lipinski definition) is 4. The van der Waals surface area contributed by atoms with Crippen LogP contribution >= 0.6 is 0 Å². The molecule has 1 aromatic carbocycles. The first-order valence-corrected chi connectivity index (χ1v) is 6.34. The minimum absolute atomic E-state index is 0.115. The third-order valence-electron chi connectivity index (χ3n) is 3.21. The van der Waals surface area contributed by atoms with Crippen LogP contribution in [0.3, 0.4) is 0 Å². The molecule has 1 heterocycles. The highest BCUT2D eigenvalue weighted by Gasteiger charge is 2.10. The number of nitrogens with one attached hydrogen (secondary N) is 1. The van der Waals surface area contributed by atoms with E-state index in [1.165, 1.54) is 12.1 Å². The molecule has 3 N–H and O–H groups in total. The molecule has 2 rings (SSSR count). The van der Waals surface area contributed by atoms with E-state index in [9.17, 15) is 9.90 Å². The maximum atomic E-state index is 10.9. The Bertz CT molecular complexity index is 635. The normalized spacial score (nSPS) is 10.5. The number of aromatic hydroxyl groups is 1. The summed E-state index contributed by atoms with van der Waals surface area (Å²) in [7, 11) is 0. The molecule has 0 unspecified atom stereocenters. The minimum Gasteiger partial charge on any atom is -0.507 e. The lowest BCUT2D eigenvalue weighted by molar-refractivity contribution is 0.0694. The Hall–Kier alpha value is -2.50. The van der Waals surface area contributed by atoms with Crippen LogP contribution in [0, 0.1) is 6.92 Å². The topological polar surface area (TPSA) is 87.4 Å². The van der Waals surface area contributed by atoms with E-state index in [-0.39, 0.29) is 11.3 Å². The molecular weight excluding hydrogens is 258 g/mol. The third-order valence-corrected chi connectivity index (χ3v) is 3.21. The maximum Gasteiger partial charge on any atom is 0.339 e. The summed E-state index contributed by atoms with van der Waals surface area (Å²) in [5.41, 5.74) is 2.66. The molecule has 0 bridgehead atoms. The van der Waals surface area contributed by atoms with Gasteiger partial charge in [0, 0.05) is 30.0 Å². The molecule has 0 radical (unpaired) electrons. The van der Waals surface area contributed by atoms with Crippen LogP contribution in [0.2, 0.25) is 0 Å². The number of carboxylic acid groups (broad SMARTS) is 1. The number of carboxylic acids is 1. The Balaban J connectivity index is 2.13. The van der Waals surface area contributed by atoms with Crippen molar-refractivity contribution in [3.63, 3.8) is 0 Å². The largest absolute Gasteiger partial charge is 0.507 e. The molecule has 6 nitrogen and oxygen atoms in total. The average Bonchev–Trinajstić information content (AvgIpc) is 2.78. The van der Waals surface area contributed by atoms with Crippen LogP contribution in [0.4, 0.5) is 5.69 Å². The fraction of sp³-hybridized carbons (Fsp3) is 0.286. The molecule has 0 amide bonds. The first kappa shape index (κ1) is 13.9.